The minimum Gasteiger partial charge on any atom is -0.376 e. The first-order valence-corrected chi connectivity index (χ1v) is 5.67. The van der Waals surface area contributed by atoms with Crippen LogP contribution >= 0.6 is 0 Å². The maximum absolute atomic E-state index is 11.9. The smallest absolute Gasteiger partial charge is 0.251 e. The van der Waals surface area contributed by atoms with E-state index in [-0.39, 0.29) is 23.6 Å². The number of nitrogens with one attached hydrogen (secondary N) is 1. The lowest BCUT2D eigenvalue weighted by Gasteiger charge is -2.15. The highest BCUT2D eigenvalue weighted by Crippen LogP contribution is 2.13. The van der Waals surface area contributed by atoms with Crippen LogP contribution in [-0.4, -0.2) is 29.2 Å². The maximum Gasteiger partial charge on any atom is 0.251 e. The Morgan fingerprint density at radius 1 is 1.59 bits per heavy atom. The molecule has 2 heterocycles. The monoisotopic (exact) mass is 236 g/mol. The van der Waals surface area contributed by atoms with Gasteiger partial charge >= 0.3 is 0 Å². The molecule has 2 rings (SSSR count). The Morgan fingerprint density at radius 2 is 2.35 bits per heavy atom. The van der Waals surface area contributed by atoms with Crippen LogP contribution in [0.4, 0.5) is 0 Å². The molecule has 0 aliphatic carbocycles. The van der Waals surface area contributed by atoms with Crippen LogP contribution < -0.4 is 10.9 Å². The first-order valence-electron chi connectivity index (χ1n) is 5.67. The molecule has 5 heteroatoms. The first kappa shape index (κ1) is 11.9. The molecule has 1 aliphatic rings. The predicted molar refractivity (Wildman–Crippen MR) is 63.0 cm³/mol. The van der Waals surface area contributed by atoms with Crippen molar-refractivity contribution in [3.63, 3.8) is 0 Å². The Hall–Kier alpha value is -1.62. The van der Waals surface area contributed by atoms with E-state index in [1.54, 1.807) is 19.3 Å². The van der Waals surface area contributed by atoms with Gasteiger partial charge in [0.1, 0.15) is 0 Å². The van der Waals surface area contributed by atoms with Gasteiger partial charge in [0.25, 0.3) is 11.5 Å². The zero-order chi connectivity index (χ0) is 12.4. The predicted octanol–water partition coefficient (Wildman–Crippen LogP) is 0.292. The van der Waals surface area contributed by atoms with Crippen LogP contribution in [0.25, 0.3) is 0 Å². The van der Waals surface area contributed by atoms with Crippen LogP contribution in [0.1, 0.15) is 23.7 Å². The van der Waals surface area contributed by atoms with Crippen LogP contribution in [0.3, 0.4) is 0 Å². The van der Waals surface area contributed by atoms with E-state index in [0.717, 1.165) is 6.42 Å². The van der Waals surface area contributed by atoms with E-state index in [4.69, 9.17) is 4.74 Å². The second-order valence-electron chi connectivity index (χ2n) is 4.31. The van der Waals surface area contributed by atoms with Crippen LogP contribution in [0, 0.1) is 0 Å². The number of carbonyl (C=O) groups excluding carboxylic acids is 1. The summed E-state index contributed by atoms with van der Waals surface area (Å²) in [6, 6.07) is 3.01. The molecule has 1 amide bonds. The molecule has 0 saturated carbocycles. The van der Waals surface area contributed by atoms with Crippen molar-refractivity contribution in [2.45, 2.75) is 25.5 Å². The molecule has 0 bridgehead atoms. The van der Waals surface area contributed by atoms with Gasteiger partial charge in [-0.2, -0.15) is 0 Å². The van der Waals surface area contributed by atoms with Crippen molar-refractivity contribution in [2.75, 3.05) is 6.61 Å². The van der Waals surface area contributed by atoms with Crippen molar-refractivity contribution < 1.29 is 9.53 Å². The number of rotatable bonds is 2. The summed E-state index contributed by atoms with van der Waals surface area (Å²) in [5, 5.41) is 2.88. The highest BCUT2D eigenvalue weighted by atomic mass is 16.5. The Bertz CT molecular complexity index is 481. The lowest BCUT2D eigenvalue weighted by molar-refractivity contribution is 0.0866. The number of carbonyl (C=O) groups is 1. The first-order chi connectivity index (χ1) is 8.08. The molecule has 2 unspecified atom stereocenters. The molecule has 1 fully saturated rings. The number of hydrogen-bond donors (Lipinski definition) is 1. The number of aryl methyl sites for hydroxylation is 1. The molecule has 0 spiro atoms. The molecular weight excluding hydrogens is 220 g/mol. The minimum absolute atomic E-state index is 0.0329. The SMILES string of the molecule is CC1OCCC1NC(=O)c1ccn(C)c(=O)c1. The average molecular weight is 236 g/mol. The Balaban J connectivity index is 2.09. The van der Waals surface area contributed by atoms with E-state index in [2.05, 4.69) is 5.32 Å². The molecule has 1 N–H and O–H groups in total. The van der Waals surface area contributed by atoms with Crippen molar-refractivity contribution in [2.24, 2.45) is 7.05 Å². The molecule has 1 aliphatic heterocycles. The molecule has 1 saturated heterocycles. The largest absolute Gasteiger partial charge is 0.376 e. The van der Waals surface area contributed by atoms with Crippen molar-refractivity contribution in [3.8, 4) is 0 Å². The van der Waals surface area contributed by atoms with Gasteiger partial charge in [0.2, 0.25) is 0 Å². The molecule has 1 aromatic rings. The van der Waals surface area contributed by atoms with Gasteiger partial charge in [0.05, 0.1) is 12.1 Å². The number of pyridine rings is 1. The van der Waals surface area contributed by atoms with Gasteiger partial charge in [-0.05, 0) is 19.4 Å². The third-order valence-corrected chi connectivity index (χ3v) is 3.06. The number of hydrogen-bond acceptors (Lipinski definition) is 3. The summed E-state index contributed by atoms with van der Waals surface area (Å²) in [4.78, 5) is 23.3. The van der Waals surface area contributed by atoms with Crippen LogP contribution in [0.5, 0.6) is 0 Å². The van der Waals surface area contributed by atoms with E-state index in [9.17, 15) is 9.59 Å². The number of ether oxygens (including phenoxy) is 1. The van der Waals surface area contributed by atoms with Gasteiger partial charge in [-0.15, -0.1) is 0 Å². The van der Waals surface area contributed by atoms with Crippen molar-refractivity contribution in [3.05, 3.63) is 34.2 Å². The summed E-state index contributed by atoms with van der Waals surface area (Å²) < 4.78 is 6.79. The third kappa shape index (κ3) is 2.55. The van der Waals surface area contributed by atoms with Gasteiger partial charge in [0, 0.05) is 31.5 Å². The van der Waals surface area contributed by atoms with E-state index in [0.29, 0.717) is 12.2 Å². The fraction of sp³-hybridized carbons (Fsp3) is 0.500. The zero-order valence-corrected chi connectivity index (χ0v) is 9.97. The molecule has 92 valence electrons. The van der Waals surface area contributed by atoms with E-state index in [1.165, 1.54) is 10.6 Å². The lowest BCUT2D eigenvalue weighted by Crippen LogP contribution is -2.39. The van der Waals surface area contributed by atoms with E-state index < -0.39 is 0 Å². The zero-order valence-electron chi connectivity index (χ0n) is 9.97. The highest BCUT2D eigenvalue weighted by Gasteiger charge is 2.25. The highest BCUT2D eigenvalue weighted by molar-refractivity contribution is 5.94. The minimum atomic E-state index is -0.218. The fourth-order valence-electron chi connectivity index (χ4n) is 1.86. The normalized spacial score (nSPS) is 23.6. The average Bonchev–Trinajstić information content (AvgIpc) is 2.68. The van der Waals surface area contributed by atoms with Crippen molar-refractivity contribution in [1.82, 2.24) is 9.88 Å². The Labute approximate surface area is 99.4 Å². The summed E-state index contributed by atoms with van der Waals surface area (Å²) in [6.07, 6.45) is 2.44. The standard InChI is InChI=1S/C12H16N2O3/c1-8-10(4-6-17-8)13-12(16)9-3-5-14(2)11(15)7-9/h3,5,7-8,10H,4,6H2,1-2H3,(H,13,16). The number of amides is 1. The number of aromatic nitrogens is 1. The molecule has 0 radical (unpaired) electrons. The maximum atomic E-state index is 11.9. The molecule has 17 heavy (non-hydrogen) atoms. The Morgan fingerprint density at radius 3 is 2.94 bits per heavy atom. The molecule has 1 aromatic heterocycles. The van der Waals surface area contributed by atoms with Gasteiger partial charge in [-0.3, -0.25) is 9.59 Å². The van der Waals surface area contributed by atoms with Crippen molar-refractivity contribution >= 4 is 5.91 Å². The summed E-state index contributed by atoms with van der Waals surface area (Å²) in [6.45, 7) is 2.60. The fourth-order valence-corrected chi connectivity index (χ4v) is 1.86. The van der Waals surface area contributed by atoms with Gasteiger partial charge in [0.15, 0.2) is 0 Å². The van der Waals surface area contributed by atoms with Gasteiger partial charge in [-0.25, -0.2) is 0 Å². The topological polar surface area (TPSA) is 60.3 Å². The van der Waals surface area contributed by atoms with Crippen LogP contribution in [0.15, 0.2) is 23.1 Å². The molecule has 0 aromatic carbocycles. The van der Waals surface area contributed by atoms with Crippen LogP contribution in [-0.2, 0) is 11.8 Å². The summed E-state index contributed by atoms with van der Waals surface area (Å²) in [5.41, 5.74) is 0.209. The molecule has 5 nitrogen and oxygen atoms in total. The lowest BCUT2D eigenvalue weighted by atomic mass is 10.1. The van der Waals surface area contributed by atoms with Gasteiger partial charge in [-0.1, -0.05) is 0 Å². The molecule has 2 atom stereocenters. The van der Waals surface area contributed by atoms with Gasteiger partial charge < -0.3 is 14.6 Å². The second-order valence-corrected chi connectivity index (χ2v) is 4.31. The van der Waals surface area contributed by atoms with E-state index >= 15 is 0 Å². The Kier molecular flexibility index (Phi) is 3.28. The van der Waals surface area contributed by atoms with Crippen LogP contribution in [0.2, 0.25) is 0 Å². The number of nitrogens with zero attached hydrogens (tertiary/aromatic N) is 1. The summed E-state index contributed by atoms with van der Waals surface area (Å²) in [5.74, 6) is -0.218. The summed E-state index contributed by atoms with van der Waals surface area (Å²) in [7, 11) is 1.65. The van der Waals surface area contributed by atoms with Crippen molar-refractivity contribution in [1.29, 1.82) is 0 Å². The second kappa shape index (κ2) is 4.71. The quantitative estimate of drug-likeness (QED) is 0.803. The summed E-state index contributed by atoms with van der Waals surface area (Å²) >= 11 is 0. The molecular formula is C12H16N2O3. The third-order valence-electron chi connectivity index (χ3n) is 3.06. The van der Waals surface area contributed by atoms with E-state index in [1.807, 2.05) is 6.92 Å².